The zero-order valence-corrected chi connectivity index (χ0v) is 13.0. The fourth-order valence-corrected chi connectivity index (χ4v) is 3.17. The maximum absolute atomic E-state index is 12.3. The lowest BCUT2D eigenvalue weighted by Crippen LogP contribution is -2.15. The van der Waals surface area contributed by atoms with Gasteiger partial charge >= 0.3 is 5.97 Å². The normalized spacial score (nSPS) is 10.8. The van der Waals surface area contributed by atoms with Crippen LogP contribution in [0.1, 0.15) is 19.5 Å². The van der Waals surface area contributed by atoms with Gasteiger partial charge in [-0.3, -0.25) is 9.20 Å². The Kier molecular flexibility index (Phi) is 3.77. The van der Waals surface area contributed by atoms with Gasteiger partial charge in [0.25, 0.3) is 5.56 Å². The fraction of sp³-hybridized carbons (Fsp3) is 0.188. The number of ether oxygens (including phenoxy) is 1. The number of rotatable bonds is 3. The molecule has 0 N–H and O–H groups in total. The van der Waals surface area contributed by atoms with Gasteiger partial charge in [0.2, 0.25) is 0 Å². The molecule has 0 aliphatic carbocycles. The van der Waals surface area contributed by atoms with Crippen molar-refractivity contribution in [2.75, 3.05) is 0 Å². The third-order valence-electron chi connectivity index (χ3n) is 3.02. The molecule has 0 radical (unpaired) electrons. The first-order valence-electron chi connectivity index (χ1n) is 6.76. The van der Waals surface area contributed by atoms with Gasteiger partial charge in [0.05, 0.1) is 15.9 Å². The van der Waals surface area contributed by atoms with Crippen molar-refractivity contribution in [3.05, 3.63) is 58.0 Å². The first-order chi connectivity index (χ1) is 10.5. The largest absolute Gasteiger partial charge is 0.456 e. The molecule has 1 aromatic carbocycles. The average molecular weight is 314 g/mol. The number of fused-ring (bicyclic) bond motifs is 3. The quantitative estimate of drug-likeness (QED) is 0.551. The summed E-state index contributed by atoms with van der Waals surface area (Å²) < 4.78 is 7.66. The molecule has 2 heterocycles. The molecule has 3 rings (SSSR count). The van der Waals surface area contributed by atoms with Crippen LogP contribution in [0.4, 0.5) is 0 Å². The molecule has 0 aliphatic rings. The van der Waals surface area contributed by atoms with Gasteiger partial charge in [-0.05, 0) is 26.0 Å². The van der Waals surface area contributed by atoms with Crippen LogP contribution in [-0.2, 0) is 16.1 Å². The minimum Gasteiger partial charge on any atom is -0.456 e. The van der Waals surface area contributed by atoms with E-state index in [4.69, 9.17) is 4.74 Å². The highest BCUT2D eigenvalue weighted by molar-refractivity contribution is 7.23. The molecule has 0 unspecified atom stereocenters. The first kappa shape index (κ1) is 14.5. The van der Waals surface area contributed by atoms with E-state index < -0.39 is 5.97 Å². The van der Waals surface area contributed by atoms with Crippen LogP contribution in [0.15, 0.2) is 46.8 Å². The van der Waals surface area contributed by atoms with E-state index in [9.17, 15) is 9.59 Å². The summed E-state index contributed by atoms with van der Waals surface area (Å²) in [6.07, 6.45) is 1.41. The number of nitrogens with zero attached hydrogens (tertiary/aromatic N) is 2. The number of allylic oxidation sites excluding steroid dienone is 1. The van der Waals surface area contributed by atoms with Crippen molar-refractivity contribution in [3.63, 3.8) is 0 Å². The molecule has 22 heavy (non-hydrogen) atoms. The molecule has 5 nitrogen and oxygen atoms in total. The van der Waals surface area contributed by atoms with Gasteiger partial charge in [-0.25, -0.2) is 9.78 Å². The lowest BCUT2D eigenvalue weighted by molar-refractivity contribution is -0.139. The van der Waals surface area contributed by atoms with Gasteiger partial charge < -0.3 is 4.74 Å². The highest BCUT2D eigenvalue weighted by Crippen LogP contribution is 2.23. The summed E-state index contributed by atoms with van der Waals surface area (Å²) >= 11 is 1.43. The lowest BCUT2D eigenvalue weighted by atomic mass is 10.3. The Balaban J connectivity index is 1.96. The molecule has 0 saturated carbocycles. The summed E-state index contributed by atoms with van der Waals surface area (Å²) in [6, 6.07) is 9.04. The van der Waals surface area contributed by atoms with Crippen molar-refractivity contribution in [1.82, 2.24) is 9.38 Å². The molecular weight excluding hydrogens is 300 g/mol. The van der Waals surface area contributed by atoms with Gasteiger partial charge in [0.1, 0.15) is 6.61 Å². The molecule has 0 bridgehead atoms. The standard InChI is InChI=1S/C16H14N2O3S/c1-10(2)7-15(20)21-9-11-8-14(19)18-12-5-3-4-6-13(12)22-16(18)17-11/h3-8H,9H2,1-2H3. The molecule has 112 valence electrons. The highest BCUT2D eigenvalue weighted by Gasteiger charge is 2.10. The number of aromatic nitrogens is 2. The average Bonchev–Trinajstić information content (AvgIpc) is 2.83. The molecule has 0 fully saturated rings. The summed E-state index contributed by atoms with van der Waals surface area (Å²) in [4.78, 5) is 28.8. The van der Waals surface area contributed by atoms with Crippen LogP contribution < -0.4 is 5.56 Å². The van der Waals surface area contributed by atoms with E-state index in [0.717, 1.165) is 15.8 Å². The SMILES string of the molecule is CC(C)=CC(=O)OCc1cc(=O)n2c(n1)sc1ccccc12. The van der Waals surface area contributed by atoms with Gasteiger partial charge in [-0.1, -0.05) is 29.0 Å². The zero-order valence-electron chi connectivity index (χ0n) is 12.2. The van der Waals surface area contributed by atoms with E-state index in [1.54, 1.807) is 4.40 Å². The van der Waals surface area contributed by atoms with E-state index in [-0.39, 0.29) is 12.2 Å². The zero-order chi connectivity index (χ0) is 15.7. The molecule has 0 atom stereocenters. The summed E-state index contributed by atoms with van der Waals surface area (Å²) in [5.74, 6) is -0.432. The van der Waals surface area contributed by atoms with Gasteiger partial charge in [0.15, 0.2) is 4.96 Å². The third-order valence-corrected chi connectivity index (χ3v) is 4.04. The monoisotopic (exact) mass is 314 g/mol. The van der Waals surface area contributed by atoms with Gasteiger partial charge in [-0.2, -0.15) is 0 Å². The Morgan fingerprint density at radius 1 is 1.36 bits per heavy atom. The molecule has 6 heteroatoms. The number of esters is 1. The Bertz CT molecular complexity index is 949. The number of hydrogen-bond acceptors (Lipinski definition) is 5. The van der Waals surface area contributed by atoms with Crippen molar-refractivity contribution in [1.29, 1.82) is 0 Å². The van der Waals surface area contributed by atoms with E-state index in [1.165, 1.54) is 23.5 Å². The number of carbonyl (C=O) groups is 1. The summed E-state index contributed by atoms with van der Waals surface area (Å²) in [5.41, 5.74) is 1.98. The molecular formula is C16H14N2O3S. The molecule has 2 aromatic heterocycles. The van der Waals surface area contributed by atoms with Crippen molar-refractivity contribution in [3.8, 4) is 0 Å². The Hall–Kier alpha value is -2.47. The maximum atomic E-state index is 12.3. The topological polar surface area (TPSA) is 60.7 Å². The van der Waals surface area contributed by atoms with E-state index >= 15 is 0 Å². The smallest absolute Gasteiger partial charge is 0.331 e. The van der Waals surface area contributed by atoms with Crippen LogP contribution in [0, 0.1) is 0 Å². The second-order valence-electron chi connectivity index (χ2n) is 5.10. The van der Waals surface area contributed by atoms with Gasteiger partial charge in [-0.15, -0.1) is 0 Å². The Morgan fingerprint density at radius 3 is 2.91 bits per heavy atom. The minimum atomic E-state index is -0.432. The van der Waals surface area contributed by atoms with Crippen molar-refractivity contribution in [2.45, 2.75) is 20.5 Å². The lowest BCUT2D eigenvalue weighted by Gasteiger charge is -2.02. The summed E-state index contributed by atoms with van der Waals surface area (Å²) in [6.45, 7) is 3.62. The van der Waals surface area contributed by atoms with Crippen LogP contribution in [0.5, 0.6) is 0 Å². The van der Waals surface area contributed by atoms with E-state index in [2.05, 4.69) is 4.98 Å². The van der Waals surface area contributed by atoms with E-state index in [1.807, 2.05) is 38.1 Å². The van der Waals surface area contributed by atoms with Crippen molar-refractivity contribution < 1.29 is 9.53 Å². The predicted molar refractivity (Wildman–Crippen MR) is 86.1 cm³/mol. The number of benzene rings is 1. The van der Waals surface area contributed by atoms with Crippen LogP contribution in [0.2, 0.25) is 0 Å². The first-order valence-corrected chi connectivity index (χ1v) is 7.58. The second-order valence-corrected chi connectivity index (χ2v) is 6.11. The molecule has 0 aliphatic heterocycles. The van der Waals surface area contributed by atoms with Gasteiger partial charge in [0, 0.05) is 12.1 Å². The van der Waals surface area contributed by atoms with E-state index in [0.29, 0.717) is 10.7 Å². The molecule has 0 spiro atoms. The van der Waals surface area contributed by atoms with Crippen LogP contribution in [0.25, 0.3) is 15.2 Å². The fourth-order valence-electron chi connectivity index (χ4n) is 2.12. The predicted octanol–water partition coefficient (Wildman–Crippen LogP) is 2.92. The minimum absolute atomic E-state index is 0.0113. The number of para-hydroxylation sites is 1. The third kappa shape index (κ3) is 2.78. The summed E-state index contributed by atoms with van der Waals surface area (Å²) in [5, 5.41) is 0. The van der Waals surface area contributed by atoms with Crippen LogP contribution >= 0.6 is 11.3 Å². The summed E-state index contributed by atoms with van der Waals surface area (Å²) in [7, 11) is 0. The van der Waals surface area contributed by atoms with Crippen molar-refractivity contribution in [2.24, 2.45) is 0 Å². The number of carbonyl (C=O) groups excluding carboxylic acids is 1. The highest BCUT2D eigenvalue weighted by atomic mass is 32.1. The van der Waals surface area contributed by atoms with Crippen LogP contribution in [0.3, 0.4) is 0 Å². The van der Waals surface area contributed by atoms with Crippen LogP contribution in [-0.4, -0.2) is 15.4 Å². The molecule has 0 saturated heterocycles. The number of hydrogen-bond donors (Lipinski definition) is 0. The Morgan fingerprint density at radius 2 is 2.14 bits per heavy atom. The second kappa shape index (κ2) is 5.73. The maximum Gasteiger partial charge on any atom is 0.331 e. The Labute approximate surface area is 130 Å². The number of thiazole rings is 1. The van der Waals surface area contributed by atoms with Crippen molar-refractivity contribution >= 4 is 32.5 Å². The molecule has 0 amide bonds. The molecule has 3 aromatic rings.